The van der Waals surface area contributed by atoms with E-state index in [-0.39, 0.29) is 5.69 Å². The van der Waals surface area contributed by atoms with E-state index in [4.69, 9.17) is 0 Å². The van der Waals surface area contributed by atoms with Crippen LogP contribution in [0.3, 0.4) is 0 Å². The molecule has 0 aliphatic carbocycles. The molecule has 6 heteroatoms. The third-order valence-electron chi connectivity index (χ3n) is 1.73. The number of benzene rings is 1. The number of hydrogen-bond acceptors (Lipinski definition) is 3. The van der Waals surface area contributed by atoms with Gasteiger partial charge in [-0.05, 0) is 12.1 Å². The van der Waals surface area contributed by atoms with E-state index in [1.807, 2.05) is 0 Å². The highest BCUT2D eigenvalue weighted by Crippen LogP contribution is 2.12. The summed E-state index contributed by atoms with van der Waals surface area (Å²) in [5, 5.41) is 10.4. The lowest BCUT2D eigenvalue weighted by Gasteiger charge is -2.01. The molecule has 1 rings (SSSR count). The van der Waals surface area contributed by atoms with Gasteiger partial charge in [0.15, 0.2) is 0 Å². The van der Waals surface area contributed by atoms with Gasteiger partial charge in [-0.15, -0.1) is 0 Å². The lowest BCUT2D eigenvalue weighted by Crippen LogP contribution is -2.09. The first-order chi connectivity index (χ1) is 7.50. The fraction of sp³-hybridized carbons (Fsp3) is 0.200. The van der Waals surface area contributed by atoms with Crippen molar-refractivity contribution in [2.24, 2.45) is 4.99 Å². The number of nitrogens with zero attached hydrogens (tertiary/aromatic N) is 3. The van der Waals surface area contributed by atoms with Crippen LogP contribution in [0.25, 0.3) is 0 Å². The first-order valence-corrected chi connectivity index (χ1v) is 4.50. The van der Waals surface area contributed by atoms with Crippen LogP contribution in [-0.4, -0.2) is 36.2 Å². The molecule has 1 aromatic rings. The monoisotopic (exact) mass is 221 g/mol. The maximum Gasteiger partial charge on any atom is 0.278 e. The smallest absolute Gasteiger partial charge is 0.278 e. The zero-order valence-electron chi connectivity index (χ0n) is 8.95. The zero-order valence-corrected chi connectivity index (χ0v) is 8.95. The number of carbonyl (C=O) groups excluding carboxylic acids is 1. The Morgan fingerprint density at radius 1 is 1.38 bits per heavy atom. The fourth-order valence-electron chi connectivity index (χ4n) is 0.968. The minimum Gasteiger partial charge on any atom is -0.369 e. The number of rotatable bonds is 3. The summed E-state index contributed by atoms with van der Waals surface area (Å²) in [6, 6.07) is 5.32. The average molecular weight is 221 g/mol. The molecule has 6 nitrogen and oxygen atoms in total. The third-order valence-corrected chi connectivity index (χ3v) is 1.73. The molecule has 1 amide bonds. The van der Waals surface area contributed by atoms with Crippen LogP contribution in [0, 0.1) is 10.1 Å². The molecule has 0 saturated heterocycles. The maximum atomic E-state index is 11.4. The molecular formula is C10H11N3O3. The van der Waals surface area contributed by atoms with Crippen LogP contribution in [0.2, 0.25) is 0 Å². The number of nitro benzene ring substituents is 1. The molecule has 0 aliphatic heterocycles. The van der Waals surface area contributed by atoms with Crippen molar-refractivity contribution < 1.29 is 9.72 Å². The zero-order chi connectivity index (χ0) is 12.1. The van der Waals surface area contributed by atoms with Gasteiger partial charge in [-0.2, -0.15) is 4.99 Å². The van der Waals surface area contributed by atoms with Crippen molar-refractivity contribution in [3.63, 3.8) is 0 Å². The highest BCUT2D eigenvalue weighted by molar-refractivity contribution is 5.98. The molecule has 0 saturated carbocycles. The Hall–Kier alpha value is -2.24. The first kappa shape index (κ1) is 11.8. The summed E-state index contributed by atoms with van der Waals surface area (Å²) in [6.07, 6.45) is 1.38. The largest absolute Gasteiger partial charge is 0.369 e. The lowest BCUT2D eigenvalue weighted by molar-refractivity contribution is -0.384. The highest BCUT2D eigenvalue weighted by Gasteiger charge is 2.07. The molecule has 0 atom stereocenters. The number of non-ortho nitro benzene ring substituents is 1. The van der Waals surface area contributed by atoms with Crippen LogP contribution in [0.5, 0.6) is 0 Å². The molecule has 0 N–H and O–H groups in total. The average Bonchev–Trinajstić information content (AvgIpc) is 2.26. The second-order valence-corrected chi connectivity index (χ2v) is 3.32. The van der Waals surface area contributed by atoms with Crippen molar-refractivity contribution in [3.05, 3.63) is 39.9 Å². The van der Waals surface area contributed by atoms with E-state index in [9.17, 15) is 14.9 Å². The SMILES string of the molecule is CN(C)/C=N\C(=O)c1ccc([N+](=O)[O-])cc1. The fourth-order valence-corrected chi connectivity index (χ4v) is 0.968. The van der Waals surface area contributed by atoms with Gasteiger partial charge in [0.1, 0.15) is 0 Å². The Morgan fingerprint density at radius 2 is 1.94 bits per heavy atom. The maximum absolute atomic E-state index is 11.4. The molecule has 0 radical (unpaired) electrons. The van der Waals surface area contributed by atoms with Crippen LogP contribution in [0.15, 0.2) is 29.3 Å². The number of carbonyl (C=O) groups is 1. The molecule has 0 aliphatic rings. The molecule has 16 heavy (non-hydrogen) atoms. The van der Waals surface area contributed by atoms with Gasteiger partial charge < -0.3 is 4.90 Å². The molecule has 84 valence electrons. The van der Waals surface area contributed by atoms with Crippen LogP contribution in [0.1, 0.15) is 10.4 Å². The highest BCUT2D eigenvalue weighted by atomic mass is 16.6. The summed E-state index contributed by atoms with van der Waals surface area (Å²) < 4.78 is 0. The topological polar surface area (TPSA) is 75.8 Å². The van der Waals surface area contributed by atoms with Crippen molar-refractivity contribution in [2.75, 3.05) is 14.1 Å². The van der Waals surface area contributed by atoms with E-state index >= 15 is 0 Å². The normalized spacial score (nSPS) is 10.4. The third kappa shape index (κ3) is 3.16. The van der Waals surface area contributed by atoms with Crippen molar-refractivity contribution in [2.45, 2.75) is 0 Å². The molecule has 0 heterocycles. The molecule has 1 aromatic carbocycles. The minimum absolute atomic E-state index is 0.0480. The first-order valence-electron chi connectivity index (χ1n) is 4.50. The Bertz CT molecular complexity index is 423. The van der Waals surface area contributed by atoms with Crippen molar-refractivity contribution in [1.29, 1.82) is 0 Å². The van der Waals surface area contributed by atoms with Crippen molar-refractivity contribution in [1.82, 2.24) is 4.90 Å². The van der Waals surface area contributed by atoms with E-state index in [1.54, 1.807) is 19.0 Å². The van der Waals surface area contributed by atoms with Gasteiger partial charge in [0.25, 0.3) is 11.6 Å². The van der Waals surface area contributed by atoms with E-state index in [0.29, 0.717) is 5.56 Å². The standard InChI is InChI=1S/C10H11N3O3/c1-12(2)7-11-10(14)8-3-5-9(6-4-8)13(15)16/h3-7H,1-2H3/b11-7-. The summed E-state index contributed by atoms with van der Waals surface area (Å²) in [4.78, 5) is 26.6. The van der Waals surface area contributed by atoms with Crippen molar-refractivity contribution >= 4 is 17.9 Å². The molecule has 0 spiro atoms. The van der Waals surface area contributed by atoms with Gasteiger partial charge in [-0.1, -0.05) is 0 Å². The Balaban J connectivity index is 2.82. The van der Waals surface area contributed by atoms with Crippen LogP contribution in [0.4, 0.5) is 5.69 Å². The van der Waals surface area contributed by atoms with Crippen LogP contribution < -0.4 is 0 Å². The minimum atomic E-state index is -0.517. The van der Waals surface area contributed by atoms with E-state index in [1.165, 1.54) is 30.6 Å². The summed E-state index contributed by atoms with van der Waals surface area (Å²) in [5.41, 5.74) is 0.275. The van der Waals surface area contributed by atoms with E-state index in [0.717, 1.165) is 0 Å². The number of aliphatic imine (C=N–C) groups is 1. The van der Waals surface area contributed by atoms with Crippen molar-refractivity contribution in [3.8, 4) is 0 Å². The van der Waals surface area contributed by atoms with Gasteiger partial charge in [-0.25, -0.2) is 0 Å². The molecule has 0 unspecified atom stereocenters. The second kappa shape index (κ2) is 5.01. The predicted octanol–water partition coefficient (Wildman–Crippen LogP) is 1.32. The predicted molar refractivity (Wildman–Crippen MR) is 59.6 cm³/mol. The van der Waals surface area contributed by atoms with E-state index < -0.39 is 10.8 Å². The Kier molecular flexibility index (Phi) is 3.71. The lowest BCUT2D eigenvalue weighted by atomic mass is 10.2. The van der Waals surface area contributed by atoms with Gasteiger partial charge in [0.2, 0.25) is 0 Å². The van der Waals surface area contributed by atoms with Gasteiger partial charge in [0, 0.05) is 31.8 Å². The van der Waals surface area contributed by atoms with Crippen LogP contribution >= 0.6 is 0 Å². The summed E-state index contributed by atoms with van der Waals surface area (Å²) >= 11 is 0. The van der Waals surface area contributed by atoms with E-state index in [2.05, 4.69) is 4.99 Å². The van der Waals surface area contributed by atoms with Gasteiger partial charge in [-0.3, -0.25) is 14.9 Å². The summed E-state index contributed by atoms with van der Waals surface area (Å²) in [5.74, 6) is -0.427. The Morgan fingerprint density at radius 3 is 2.38 bits per heavy atom. The number of hydrogen-bond donors (Lipinski definition) is 0. The van der Waals surface area contributed by atoms with Gasteiger partial charge in [0.05, 0.1) is 11.3 Å². The molecule has 0 aromatic heterocycles. The van der Waals surface area contributed by atoms with Crippen LogP contribution in [-0.2, 0) is 0 Å². The molecule has 0 bridgehead atoms. The quantitative estimate of drug-likeness (QED) is 0.334. The summed E-state index contributed by atoms with van der Waals surface area (Å²) in [7, 11) is 3.49. The Labute approximate surface area is 92.4 Å². The second-order valence-electron chi connectivity index (χ2n) is 3.32. The summed E-state index contributed by atoms with van der Waals surface area (Å²) in [6.45, 7) is 0. The molecular weight excluding hydrogens is 210 g/mol. The number of nitro groups is 1. The number of amides is 1. The molecule has 0 fully saturated rings. The van der Waals surface area contributed by atoms with Gasteiger partial charge >= 0.3 is 0 Å².